The first-order valence-electron chi connectivity index (χ1n) is 7.77. The molecule has 0 amide bonds. The number of anilines is 1. The molecule has 0 saturated carbocycles. The van der Waals surface area contributed by atoms with Crippen LogP contribution in [-0.2, 0) is 16.4 Å². The summed E-state index contributed by atoms with van der Waals surface area (Å²) in [6.45, 7) is 0. The Hall–Kier alpha value is -2.60. The summed E-state index contributed by atoms with van der Waals surface area (Å²) in [5, 5.41) is 4.15. The van der Waals surface area contributed by atoms with Gasteiger partial charge in [0.25, 0.3) is 0 Å². The Morgan fingerprint density at radius 1 is 1.00 bits per heavy atom. The molecule has 24 heavy (non-hydrogen) atoms. The highest BCUT2D eigenvalue weighted by atomic mass is 32.2. The Bertz CT molecular complexity index is 876. The molecule has 3 rings (SSSR count). The van der Waals surface area contributed by atoms with Crippen molar-refractivity contribution in [2.24, 2.45) is 0 Å². The molecule has 6 heteroatoms. The van der Waals surface area contributed by atoms with E-state index < -0.39 is 10.0 Å². The van der Waals surface area contributed by atoms with Crippen LogP contribution in [-0.4, -0.2) is 24.0 Å². The number of benzene rings is 2. The van der Waals surface area contributed by atoms with Gasteiger partial charge in [-0.1, -0.05) is 36.4 Å². The molecule has 0 spiro atoms. The van der Waals surface area contributed by atoms with Gasteiger partial charge in [-0.15, -0.1) is 0 Å². The summed E-state index contributed by atoms with van der Waals surface area (Å²) in [5.74, 6) is 0.0912. The highest BCUT2D eigenvalue weighted by Gasteiger charge is 2.11. The maximum atomic E-state index is 12.3. The summed E-state index contributed by atoms with van der Waals surface area (Å²) < 4.78 is 28.8. The molecule has 0 aliphatic rings. The first kappa shape index (κ1) is 16.3. The number of hydrogen-bond donors (Lipinski definition) is 1. The Balaban J connectivity index is 1.61. The van der Waals surface area contributed by atoms with E-state index in [0.29, 0.717) is 12.1 Å². The van der Waals surface area contributed by atoms with Crippen molar-refractivity contribution < 1.29 is 8.42 Å². The molecule has 0 saturated heterocycles. The van der Waals surface area contributed by atoms with E-state index in [0.717, 1.165) is 17.7 Å². The maximum Gasteiger partial charge on any atom is 0.232 e. The molecule has 124 valence electrons. The fraction of sp³-hybridized carbons (Fsp3) is 0.167. The van der Waals surface area contributed by atoms with Crippen molar-refractivity contribution in [1.29, 1.82) is 0 Å². The summed E-state index contributed by atoms with van der Waals surface area (Å²) >= 11 is 0. The van der Waals surface area contributed by atoms with Crippen LogP contribution >= 0.6 is 0 Å². The predicted octanol–water partition coefficient (Wildman–Crippen LogP) is 3.25. The minimum atomic E-state index is -3.37. The van der Waals surface area contributed by atoms with E-state index in [-0.39, 0.29) is 5.75 Å². The van der Waals surface area contributed by atoms with Gasteiger partial charge in [-0.2, -0.15) is 5.10 Å². The molecule has 1 N–H and O–H groups in total. The lowest BCUT2D eigenvalue weighted by atomic mass is 10.1. The lowest BCUT2D eigenvalue weighted by Gasteiger charge is -2.10. The zero-order valence-electron chi connectivity index (χ0n) is 13.2. The molecule has 2 aromatic carbocycles. The van der Waals surface area contributed by atoms with E-state index in [2.05, 4.69) is 9.82 Å². The number of hydrogen-bond acceptors (Lipinski definition) is 3. The first-order valence-corrected chi connectivity index (χ1v) is 9.42. The van der Waals surface area contributed by atoms with Crippen LogP contribution in [0.4, 0.5) is 5.69 Å². The molecule has 1 heterocycles. The predicted molar refractivity (Wildman–Crippen MR) is 95.7 cm³/mol. The van der Waals surface area contributed by atoms with Crippen molar-refractivity contribution >= 4 is 15.7 Å². The molecule has 0 bridgehead atoms. The first-order chi connectivity index (χ1) is 11.6. The van der Waals surface area contributed by atoms with Crippen molar-refractivity contribution in [3.05, 3.63) is 78.6 Å². The van der Waals surface area contributed by atoms with Crippen molar-refractivity contribution in [1.82, 2.24) is 9.78 Å². The van der Waals surface area contributed by atoms with Crippen LogP contribution in [0.1, 0.15) is 12.0 Å². The Labute approximate surface area is 142 Å². The van der Waals surface area contributed by atoms with Crippen LogP contribution in [0.2, 0.25) is 0 Å². The quantitative estimate of drug-likeness (QED) is 0.717. The molecule has 0 fully saturated rings. The van der Waals surface area contributed by atoms with Crippen LogP contribution < -0.4 is 4.72 Å². The van der Waals surface area contributed by atoms with Crippen molar-refractivity contribution in [3.8, 4) is 5.69 Å². The van der Waals surface area contributed by atoms with Crippen LogP contribution in [0.5, 0.6) is 0 Å². The van der Waals surface area contributed by atoms with Gasteiger partial charge in [0.05, 0.1) is 17.1 Å². The zero-order valence-corrected chi connectivity index (χ0v) is 14.0. The zero-order chi connectivity index (χ0) is 16.8. The normalized spacial score (nSPS) is 11.3. The topological polar surface area (TPSA) is 64.0 Å². The molecule has 1 aromatic heterocycles. The lowest BCUT2D eigenvalue weighted by Crippen LogP contribution is -2.17. The fourth-order valence-electron chi connectivity index (χ4n) is 2.48. The van der Waals surface area contributed by atoms with Gasteiger partial charge in [-0.25, -0.2) is 13.1 Å². The molecule has 3 aromatic rings. The van der Waals surface area contributed by atoms with E-state index in [1.54, 1.807) is 29.1 Å². The van der Waals surface area contributed by atoms with E-state index >= 15 is 0 Å². The Morgan fingerprint density at radius 3 is 2.58 bits per heavy atom. The summed E-state index contributed by atoms with van der Waals surface area (Å²) in [4.78, 5) is 0. The van der Waals surface area contributed by atoms with Crippen LogP contribution in [0.15, 0.2) is 73.1 Å². The second-order valence-electron chi connectivity index (χ2n) is 5.51. The largest absolute Gasteiger partial charge is 0.283 e. The smallest absolute Gasteiger partial charge is 0.232 e. The van der Waals surface area contributed by atoms with E-state index in [1.165, 1.54) is 0 Å². The second kappa shape index (κ2) is 7.31. The average molecular weight is 341 g/mol. The van der Waals surface area contributed by atoms with Crippen LogP contribution in [0.25, 0.3) is 5.69 Å². The van der Waals surface area contributed by atoms with E-state index in [4.69, 9.17) is 0 Å². The van der Waals surface area contributed by atoms with Crippen molar-refractivity contribution in [2.75, 3.05) is 10.5 Å². The number of aryl methyl sites for hydroxylation is 1. The standard InChI is InChI=1S/C18H19N3O2S/c22-24(23,14-5-9-16-7-2-1-3-8-16)20-17-10-4-11-18(15-17)21-13-6-12-19-21/h1-4,6-8,10-13,15,20H,5,9,14H2. The third-order valence-corrected chi connectivity index (χ3v) is 4.98. The number of nitrogens with zero attached hydrogens (tertiary/aromatic N) is 2. The summed E-state index contributed by atoms with van der Waals surface area (Å²) in [6.07, 6.45) is 4.82. The van der Waals surface area contributed by atoms with Gasteiger partial charge in [0, 0.05) is 12.4 Å². The van der Waals surface area contributed by atoms with Gasteiger partial charge in [0.2, 0.25) is 10.0 Å². The third kappa shape index (κ3) is 4.45. The number of sulfonamides is 1. The van der Waals surface area contributed by atoms with Gasteiger partial charge in [0.15, 0.2) is 0 Å². The van der Waals surface area contributed by atoms with Gasteiger partial charge < -0.3 is 0 Å². The molecule has 0 radical (unpaired) electrons. The lowest BCUT2D eigenvalue weighted by molar-refractivity contribution is 0.598. The maximum absolute atomic E-state index is 12.3. The van der Waals surface area contributed by atoms with E-state index in [1.807, 2.05) is 48.7 Å². The average Bonchev–Trinajstić information content (AvgIpc) is 3.10. The van der Waals surface area contributed by atoms with Crippen LogP contribution in [0, 0.1) is 0 Å². The minimum Gasteiger partial charge on any atom is -0.283 e. The molecule has 0 aliphatic carbocycles. The summed E-state index contributed by atoms with van der Waals surface area (Å²) in [5.41, 5.74) is 2.50. The van der Waals surface area contributed by atoms with Crippen molar-refractivity contribution in [3.63, 3.8) is 0 Å². The van der Waals surface area contributed by atoms with Crippen molar-refractivity contribution in [2.45, 2.75) is 12.8 Å². The van der Waals surface area contributed by atoms with Gasteiger partial charge in [0.1, 0.15) is 0 Å². The molecule has 5 nitrogen and oxygen atoms in total. The van der Waals surface area contributed by atoms with Gasteiger partial charge in [-0.05, 0) is 42.7 Å². The minimum absolute atomic E-state index is 0.0912. The summed E-state index contributed by atoms with van der Waals surface area (Å²) in [7, 11) is -3.37. The van der Waals surface area contributed by atoms with Gasteiger partial charge in [-0.3, -0.25) is 4.72 Å². The monoisotopic (exact) mass is 341 g/mol. The highest BCUT2D eigenvalue weighted by molar-refractivity contribution is 7.92. The SMILES string of the molecule is O=S(=O)(CCCc1ccccc1)Nc1cccc(-n2cccn2)c1. The van der Waals surface area contributed by atoms with E-state index in [9.17, 15) is 8.42 Å². The summed E-state index contributed by atoms with van der Waals surface area (Å²) in [6, 6.07) is 18.9. The number of aromatic nitrogens is 2. The molecule has 0 unspecified atom stereocenters. The fourth-order valence-corrected chi connectivity index (χ4v) is 3.59. The van der Waals surface area contributed by atoms with Crippen LogP contribution in [0.3, 0.4) is 0 Å². The Kier molecular flexibility index (Phi) is 4.96. The number of nitrogens with one attached hydrogen (secondary N) is 1. The molecule has 0 aliphatic heterocycles. The Morgan fingerprint density at radius 2 is 1.83 bits per heavy atom. The number of rotatable bonds is 7. The molecular weight excluding hydrogens is 322 g/mol. The third-order valence-electron chi connectivity index (χ3n) is 3.61. The molecule has 0 atom stereocenters. The second-order valence-corrected chi connectivity index (χ2v) is 7.35. The molecular formula is C18H19N3O2S. The highest BCUT2D eigenvalue weighted by Crippen LogP contribution is 2.16. The van der Waals surface area contributed by atoms with Gasteiger partial charge >= 0.3 is 0 Å².